The molecule has 1 saturated heterocycles. The standard InChI is InChI=1S/C21H25NO4/c1-4-17-12-22-18(10-16(11-19(22)23)20(24)25-3)21(17,2)14-26-13-15-8-6-5-7-9-15/h4-10,17-18H,1,11-14H2,2-3H3/t17-,18-,21-/m1/s1. The van der Waals surface area contributed by atoms with Gasteiger partial charge in [-0.3, -0.25) is 4.79 Å². The van der Waals surface area contributed by atoms with E-state index in [-0.39, 0.29) is 29.7 Å². The molecule has 2 aliphatic heterocycles. The highest BCUT2D eigenvalue weighted by molar-refractivity contribution is 5.97. The highest BCUT2D eigenvalue weighted by Gasteiger charge is 2.52. The van der Waals surface area contributed by atoms with Crippen molar-refractivity contribution >= 4 is 11.9 Å². The third-order valence-corrected chi connectivity index (χ3v) is 5.53. The molecule has 3 atom stereocenters. The van der Waals surface area contributed by atoms with Crippen LogP contribution in [0.2, 0.25) is 0 Å². The Morgan fingerprint density at radius 2 is 2.12 bits per heavy atom. The quantitative estimate of drug-likeness (QED) is 0.582. The molecule has 1 fully saturated rings. The molecule has 0 N–H and O–H groups in total. The van der Waals surface area contributed by atoms with Crippen LogP contribution in [-0.4, -0.2) is 43.1 Å². The predicted octanol–water partition coefficient (Wildman–Crippen LogP) is 2.73. The summed E-state index contributed by atoms with van der Waals surface area (Å²) in [4.78, 5) is 26.3. The zero-order valence-corrected chi connectivity index (χ0v) is 15.3. The minimum Gasteiger partial charge on any atom is -0.466 e. The van der Waals surface area contributed by atoms with E-state index in [4.69, 9.17) is 9.47 Å². The van der Waals surface area contributed by atoms with Gasteiger partial charge < -0.3 is 14.4 Å². The summed E-state index contributed by atoms with van der Waals surface area (Å²) < 4.78 is 10.8. The average molecular weight is 355 g/mol. The number of fused-ring (bicyclic) bond motifs is 1. The lowest BCUT2D eigenvalue weighted by atomic mass is 9.74. The fourth-order valence-corrected chi connectivity index (χ4v) is 3.93. The molecule has 0 saturated carbocycles. The van der Waals surface area contributed by atoms with Gasteiger partial charge in [-0.1, -0.05) is 49.4 Å². The van der Waals surface area contributed by atoms with Gasteiger partial charge in [0.25, 0.3) is 0 Å². The van der Waals surface area contributed by atoms with E-state index in [1.54, 1.807) is 0 Å². The minimum atomic E-state index is -0.437. The van der Waals surface area contributed by atoms with Gasteiger partial charge in [-0.2, -0.15) is 0 Å². The van der Waals surface area contributed by atoms with Gasteiger partial charge in [-0.05, 0) is 5.56 Å². The second-order valence-corrected chi connectivity index (χ2v) is 7.18. The Morgan fingerprint density at radius 1 is 1.38 bits per heavy atom. The van der Waals surface area contributed by atoms with Crippen LogP contribution in [0.25, 0.3) is 0 Å². The van der Waals surface area contributed by atoms with Crippen molar-refractivity contribution in [3.63, 3.8) is 0 Å². The number of hydrogen-bond acceptors (Lipinski definition) is 4. The van der Waals surface area contributed by atoms with E-state index in [9.17, 15) is 9.59 Å². The van der Waals surface area contributed by atoms with Gasteiger partial charge in [0, 0.05) is 23.5 Å². The molecule has 0 aromatic heterocycles. The summed E-state index contributed by atoms with van der Waals surface area (Å²) in [7, 11) is 1.34. The summed E-state index contributed by atoms with van der Waals surface area (Å²) in [6, 6.07) is 9.78. The van der Waals surface area contributed by atoms with E-state index in [2.05, 4.69) is 13.5 Å². The maximum atomic E-state index is 12.6. The molecule has 1 aromatic rings. The van der Waals surface area contributed by atoms with E-state index in [0.29, 0.717) is 25.3 Å². The third kappa shape index (κ3) is 3.31. The van der Waals surface area contributed by atoms with E-state index >= 15 is 0 Å². The second-order valence-electron chi connectivity index (χ2n) is 7.18. The van der Waals surface area contributed by atoms with Crippen LogP contribution in [0.4, 0.5) is 0 Å². The first-order chi connectivity index (χ1) is 12.5. The monoisotopic (exact) mass is 355 g/mol. The Balaban J connectivity index is 1.81. The number of rotatable bonds is 6. The molecule has 5 nitrogen and oxygen atoms in total. The molecule has 1 aromatic carbocycles. The number of carbonyl (C=O) groups is 2. The van der Waals surface area contributed by atoms with E-state index in [1.165, 1.54) is 7.11 Å². The molecule has 26 heavy (non-hydrogen) atoms. The van der Waals surface area contributed by atoms with Crippen LogP contribution in [0.5, 0.6) is 0 Å². The van der Waals surface area contributed by atoms with Crippen molar-refractivity contribution in [1.82, 2.24) is 4.90 Å². The van der Waals surface area contributed by atoms with Crippen molar-refractivity contribution in [3.8, 4) is 0 Å². The van der Waals surface area contributed by atoms with Crippen LogP contribution in [0.1, 0.15) is 18.9 Å². The number of nitrogens with zero attached hydrogens (tertiary/aromatic N) is 1. The highest BCUT2D eigenvalue weighted by Crippen LogP contribution is 2.45. The number of hydrogen-bond donors (Lipinski definition) is 0. The number of ether oxygens (including phenoxy) is 2. The zero-order chi connectivity index (χ0) is 18.7. The van der Waals surface area contributed by atoms with Crippen molar-refractivity contribution in [2.45, 2.75) is 26.0 Å². The summed E-state index contributed by atoms with van der Waals surface area (Å²) in [6.07, 6.45) is 3.86. The van der Waals surface area contributed by atoms with Crippen LogP contribution in [-0.2, 0) is 25.7 Å². The molecule has 5 heteroatoms. The Hall–Kier alpha value is -2.40. The summed E-state index contributed by atoms with van der Waals surface area (Å²) in [5, 5.41) is 0. The average Bonchev–Trinajstić information content (AvgIpc) is 2.94. The molecule has 0 unspecified atom stereocenters. The van der Waals surface area contributed by atoms with Gasteiger partial charge in [0.05, 0.1) is 32.8 Å². The van der Waals surface area contributed by atoms with E-state index < -0.39 is 5.97 Å². The first kappa shape index (κ1) is 18.4. The lowest BCUT2D eigenvalue weighted by Gasteiger charge is -2.37. The molecule has 2 heterocycles. The summed E-state index contributed by atoms with van der Waals surface area (Å²) in [5.41, 5.74) is 1.19. The predicted molar refractivity (Wildman–Crippen MR) is 98.1 cm³/mol. The fourth-order valence-electron chi connectivity index (χ4n) is 3.93. The van der Waals surface area contributed by atoms with Gasteiger partial charge in [0.2, 0.25) is 5.91 Å². The molecule has 1 amide bonds. The largest absolute Gasteiger partial charge is 0.466 e. The minimum absolute atomic E-state index is 0.0449. The summed E-state index contributed by atoms with van der Waals surface area (Å²) >= 11 is 0. The summed E-state index contributed by atoms with van der Waals surface area (Å²) in [6.45, 7) is 7.63. The van der Waals surface area contributed by atoms with E-state index in [1.807, 2.05) is 47.4 Å². The van der Waals surface area contributed by atoms with Crippen LogP contribution < -0.4 is 0 Å². The smallest absolute Gasteiger partial charge is 0.334 e. The molecule has 0 radical (unpaired) electrons. The van der Waals surface area contributed by atoms with Crippen LogP contribution in [0.3, 0.4) is 0 Å². The highest BCUT2D eigenvalue weighted by atomic mass is 16.5. The van der Waals surface area contributed by atoms with Gasteiger partial charge in [0.15, 0.2) is 0 Å². The normalized spacial score (nSPS) is 27.7. The Morgan fingerprint density at radius 3 is 2.77 bits per heavy atom. The maximum Gasteiger partial charge on any atom is 0.334 e. The third-order valence-electron chi connectivity index (χ3n) is 5.53. The van der Waals surface area contributed by atoms with Crippen LogP contribution in [0.15, 0.2) is 54.6 Å². The fraction of sp³-hybridized carbons (Fsp3) is 0.429. The maximum absolute atomic E-state index is 12.6. The molecule has 0 spiro atoms. The number of amides is 1. The number of methoxy groups -OCH3 is 1. The lowest BCUT2D eigenvalue weighted by Crippen LogP contribution is -2.46. The van der Waals surface area contributed by atoms with Crippen molar-refractivity contribution in [3.05, 3.63) is 60.2 Å². The Bertz CT molecular complexity index is 727. The Kier molecular flexibility index (Phi) is 5.28. The zero-order valence-electron chi connectivity index (χ0n) is 15.3. The van der Waals surface area contributed by atoms with Crippen LogP contribution in [0, 0.1) is 11.3 Å². The summed E-state index contributed by atoms with van der Waals surface area (Å²) in [5.74, 6) is -0.385. The lowest BCUT2D eigenvalue weighted by molar-refractivity contribution is -0.140. The first-order valence-corrected chi connectivity index (χ1v) is 8.82. The van der Waals surface area contributed by atoms with Crippen molar-refractivity contribution in [1.29, 1.82) is 0 Å². The second kappa shape index (κ2) is 7.46. The van der Waals surface area contributed by atoms with Crippen molar-refractivity contribution in [2.24, 2.45) is 11.3 Å². The first-order valence-electron chi connectivity index (χ1n) is 8.82. The van der Waals surface area contributed by atoms with Gasteiger partial charge in [-0.25, -0.2) is 4.79 Å². The van der Waals surface area contributed by atoms with Gasteiger partial charge in [0.1, 0.15) is 0 Å². The number of benzene rings is 1. The van der Waals surface area contributed by atoms with Crippen molar-refractivity contribution < 1.29 is 19.1 Å². The molecule has 0 bridgehead atoms. The number of carbonyl (C=O) groups excluding carboxylic acids is 2. The van der Waals surface area contributed by atoms with Gasteiger partial charge in [-0.15, -0.1) is 6.58 Å². The molecule has 138 valence electrons. The van der Waals surface area contributed by atoms with Gasteiger partial charge >= 0.3 is 5.97 Å². The Labute approximate surface area is 154 Å². The number of esters is 1. The molecular weight excluding hydrogens is 330 g/mol. The van der Waals surface area contributed by atoms with E-state index in [0.717, 1.165) is 5.56 Å². The molecule has 3 rings (SSSR count). The van der Waals surface area contributed by atoms with Crippen LogP contribution >= 0.6 is 0 Å². The molecule has 0 aliphatic carbocycles. The SMILES string of the molecule is C=C[C@@H]1CN2C(=O)CC(C(=O)OC)=C[C@@H]2[C@]1(C)COCc1ccccc1. The molecular formula is C21H25NO4. The topological polar surface area (TPSA) is 55.8 Å². The van der Waals surface area contributed by atoms with Crippen molar-refractivity contribution in [2.75, 3.05) is 20.3 Å². The molecule has 2 aliphatic rings.